The van der Waals surface area contributed by atoms with Crippen molar-refractivity contribution in [1.29, 1.82) is 0 Å². The summed E-state index contributed by atoms with van der Waals surface area (Å²) >= 11 is 0. The summed E-state index contributed by atoms with van der Waals surface area (Å²) in [5.41, 5.74) is 0.838. The number of aliphatic imine (C=N–C) groups is 1. The number of ether oxygens (including phenoxy) is 1. The van der Waals surface area contributed by atoms with Crippen LogP contribution in [-0.4, -0.2) is 25.7 Å². The molecule has 0 spiro atoms. The zero-order chi connectivity index (χ0) is 14.3. The summed E-state index contributed by atoms with van der Waals surface area (Å²) in [5, 5.41) is 6.23. The van der Waals surface area contributed by atoms with Crippen molar-refractivity contribution < 1.29 is 13.5 Å². The normalized spacial score (nSPS) is 11.8. The number of nitrogens with zero attached hydrogens (tertiary/aromatic N) is 1. The SMILES string of the molecule is CN=C(NCc1cccc(OC(F)F)c1)NC(C)C. The molecule has 0 aromatic heterocycles. The lowest BCUT2D eigenvalue weighted by molar-refractivity contribution is -0.0498. The van der Waals surface area contributed by atoms with Gasteiger partial charge in [-0.3, -0.25) is 4.99 Å². The Morgan fingerprint density at radius 3 is 2.68 bits per heavy atom. The highest BCUT2D eigenvalue weighted by molar-refractivity contribution is 5.79. The average Bonchev–Trinajstić information content (AvgIpc) is 2.33. The highest BCUT2D eigenvalue weighted by Gasteiger charge is 2.05. The third-order valence-corrected chi connectivity index (χ3v) is 2.23. The zero-order valence-electron chi connectivity index (χ0n) is 11.3. The van der Waals surface area contributed by atoms with E-state index in [1.807, 2.05) is 19.9 Å². The van der Waals surface area contributed by atoms with Crippen molar-refractivity contribution in [2.45, 2.75) is 33.0 Å². The van der Waals surface area contributed by atoms with Crippen LogP contribution in [-0.2, 0) is 6.54 Å². The number of hydrogen-bond acceptors (Lipinski definition) is 2. The molecule has 1 rings (SSSR count). The van der Waals surface area contributed by atoms with Crippen molar-refractivity contribution in [3.63, 3.8) is 0 Å². The Kier molecular flexibility index (Phi) is 6.05. The maximum absolute atomic E-state index is 12.1. The molecule has 0 saturated carbocycles. The summed E-state index contributed by atoms with van der Waals surface area (Å²) in [6.07, 6.45) is 0. The van der Waals surface area contributed by atoms with E-state index in [1.54, 1.807) is 19.2 Å². The highest BCUT2D eigenvalue weighted by Crippen LogP contribution is 2.15. The smallest absolute Gasteiger partial charge is 0.387 e. The van der Waals surface area contributed by atoms with Gasteiger partial charge < -0.3 is 15.4 Å². The summed E-state index contributed by atoms with van der Waals surface area (Å²) < 4.78 is 28.5. The first-order chi connectivity index (χ1) is 9.01. The van der Waals surface area contributed by atoms with Crippen LogP contribution in [0.15, 0.2) is 29.3 Å². The number of nitrogens with one attached hydrogen (secondary N) is 2. The Morgan fingerprint density at radius 2 is 2.11 bits per heavy atom. The van der Waals surface area contributed by atoms with E-state index in [-0.39, 0.29) is 11.8 Å². The quantitative estimate of drug-likeness (QED) is 0.638. The maximum Gasteiger partial charge on any atom is 0.387 e. The molecule has 0 aliphatic carbocycles. The minimum absolute atomic E-state index is 0.154. The van der Waals surface area contributed by atoms with Gasteiger partial charge >= 0.3 is 6.61 Å². The van der Waals surface area contributed by atoms with E-state index >= 15 is 0 Å². The van der Waals surface area contributed by atoms with E-state index in [0.29, 0.717) is 12.5 Å². The second-order valence-electron chi connectivity index (χ2n) is 4.25. The molecular formula is C13H19F2N3O. The summed E-state index contributed by atoms with van der Waals surface area (Å²) in [7, 11) is 1.67. The summed E-state index contributed by atoms with van der Waals surface area (Å²) in [6.45, 7) is 1.68. The van der Waals surface area contributed by atoms with E-state index in [2.05, 4.69) is 20.4 Å². The van der Waals surface area contributed by atoms with Crippen molar-refractivity contribution in [2.75, 3.05) is 7.05 Å². The van der Waals surface area contributed by atoms with Crippen LogP contribution in [0.2, 0.25) is 0 Å². The van der Waals surface area contributed by atoms with Gasteiger partial charge in [0.25, 0.3) is 0 Å². The molecule has 0 saturated heterocycles. The van der Waals surface area contributed by atoms with Crippen LogP contribution in [0.1, 0.15) is 19.4 Å². The van der Waals surface area contributed by atoms with Crippen molar-refractivity contribution in [2.24, 2.45) is 4.99 Å². The fourth-order valence-corrected chi connectivity index (χ4v) is 1.49. The number of guanidine groups is 1. The molecular weight excluding hydrogens is 252 g/mol. The van der Waals surface area contributed by atoms with Crippen LogP contribution in [0.25, 0.3) is 0 Å². The Bertz CT molecular complexity index is 422. The first-order valence-corrected chi connectivity index (χ1v) is 6.02. The first-order valence-electron chi connectivity index (χ1n) is 6.02. The minimum Gasteiger partial charge on any atom is -0.435 e. The fourth-order valence-electron chi connectivity index (χ4n) is 1.49. The lowest BCUT2D eigenvalue weighted by Crippen LogP contribution is -2.40. The van der Waals surface area contributed by atoms with Crippen molar-refractivity contribution in [3.8, 4) is 5.75 Å². The van der Waals surface area contributed by atoms with Gasteiger partial charge in [-0.2, -0.15) is 8.78 Å². The number of halogens is 2. The van der Waals surface area contributed by atoms with Gasteiger partial charge in [0.1, 0.15) is 5.75 Å². The molecule has 0 heterocycles. The lowest BCUT2D eigenvalue weighted by Gasteiger charge is -2.14. The number of hydrogen-bond donors (Lipinski definition) is 2. The maximum atomic E-state index is 12.1. The van der Waals surface area contributed by atoms with Crippen LogP contribution >= 0.6 is 0 Å². The van der Waals surface area contributed by atoms with Gasteiger partial charge in [0.2, 0.25) is 0 Å². The van der Waals surface area contributed by atoms with Gasteiger partial charge in [-0.1, -0.05) is 12.1 Å². The Labute approximate surface area is 111 Å². The Hall–Kier alpha value is -1.85. The van der Waals surface area contributed by atoms with Crippen molar-refractivity contribution >= 4 is 5.96 Å². The molecule has 0 amide bonds. The number of alkyl halides is 2. The molecule has 106 valence electrons. The topological polar surface area (TPSA) is 45.7 Å². The summed E-state index contributed by atoms with van der Waals surface area (Å²) in [5.74, 6) is 0.816. The molecule has 19 heavy (non-hydrogen) atoms. The first kappa shape index (κ1) is 15.2. The standard InChI is InChI=1S/C13H19F2N3O/c1-9(2)18-13(16-3)17-8-10-5-4-6-11(7-10)19-12(14)15/h4-7,9,12H,8H2,1-3H3,(H2,16,17,18). The second-order valence-corrected chi connectivity index (χ2v) is 4.25. The van der Waals surface area contributed by atoms with Crippen LogP contribution in [0, 0.1) is 0 Å². The predicted molar refractivity (Wildman–Crippen MR) is 71.5 cm³/mol. The molecule has 2 N–H and O–H groups in total. The van der Waals surface area contributed by atoms with Crippen molar-refractivity contribution in [1.82, 2.24) is 10.6 Å². The predicted octanol–water partition coefficient (Wildman–Crippen LogP) is 2.36. The molecule has 4 nitrogen and oxygen atoms in total. The molecule has 0 fully saturated rings. The zero-order valence-corrected chi connectivity index (χ0v) is 11.3. The lowest BCUT2D eigenvalue weighted by atomic mass is 10.2. The molecule has 6 heteroatoms. The molecule has 0 bridgehead atoms. The van der Waals surface area contributed by atoms with E-state index < -0.39 is 6.61 Å². The van der Waals surface area contributed by atoms with Crippen molar-refractivity contribution in [3.05, 3.63) is 29.8 Å². The van der Waals surface area contributed by atoms with Crippen LogP contribution < -0.4 is 15.4 Å². The highest BCUT2D eigenvalue weighted by atomic mass is 19.3. The van der Waals surface area contributed by atoms with Gasteiger partial charge in [0.15, 0.2) is 5.96 Å². The van der Waals surface area contributed by atoms with E-state index in [1.165, 1.54) is 6.07 Å². The van der Waals surface area contributed by atoms with E-state index in [0.717, 1.165) is 5.56 Å². The molecule has 1 aromatic rings. The van der Waals surface area contributed by atoms with Gasteiger partial charge in [-0.05, 0) is 31.5 Å². The van der Waals surface area contributed by atoms with Crippen LogP contribution in [0.5, 0.6) is 5.75 Å². The van der Waals surface area contributed by atoms with Gasteiger partial charge in [0.05, 0.1) is 0 Å². The molecule has 0 aliphatic rings. The van der Waals surface area contributed by atoms with Gasteiger partial charge in [0, 0.05) is 19.6 Å². The second kappa shape index (κ2) is 7.56. The third-order valence-electron chi connectivity index (χ3n) is 2.23. The Balaban J connectivity index is 2.57. The largest absolute Gasteiger partial charge is 0.435 e. The van der Waals surface area contributed by atoms with Gasteiger partial charge in [-0.15, -0.1) is 0 Å². The third kappa shape index (κ3) is 6.03. The molecule has 0 unspecified atom stereocenters. The van der Waals surface area contributed by atoms with Crippen LogP contribution in [0.3, 0.4) is 0 Å². The molecule has 0 atom stereocenters. The molecule has 1 aromatic carbocycles. The number of benzene rings is 1. The van der Waals surface area contributed by atoms with Gasteiger partial charge in [-0.25, -0.2) is 0 Å². The average molecular weight is 271 g/mol. The molecule has 0 aliphatic heterocycles. The van der Waals surface area contributed by atoms with Crippen LogP contribution in [0.4, 0.5) is 8.78 Å². The summed E-state index contributed by atoms with van der Waals surface area (Å²) in [4.78, 5) is 4.06. The summed E-state index contributed by atoms with van der Waals surface area (Å²) in [6, 6.07) is 6.83. The van der Waals surface area contributed by atoms with E-state index in [9.17, 15) is 8.78 Å². The van der Waals surface area contributed by atoms with E-state index in [4.69, 9.17) is 0 Å². The number of rotatable bonds is 5. The Morgan fingerprint density at radius 1 is 1.37 bits per heavy atom. The molecule has 0 radical (unpaired) electrons. The minimum atomic E-state index is -2.81. The fraction of sp³-hybridized carbons (Fsp3) is 0.462. The monoisotopic (exact) mass is 271 g/mol.